The molecule has 1 N–H and O–H groups in total. The zero-order chi connectivity index (χ0) is 22.6. The molecule has 2 saturated heterocycles. The highest BCUT2D eigenvalue weighted by molar-refractivity contribution is 8.01. The molecule has 0 saturated carbocycles. The number of amides is 1. The van der Waals surface area contributed by atoms with E-state index in [1.54, 1.807) is 11.3 Å². The van der Waals surface area contributed by atoms with Crippen molar-refractivity contribution in [3.8, 4) is 0 Å². The summed E-state index contributed by atoms with van der Waals surface area (Å²) in [5.74, 6) is -1.59. The fourth-order valence-corrected chi connectivity index (χ4v) is 5.56. The maximum absolute atomic E-state index is 12.3. The summed E-state index contributed by atoms with van der Waals surface area (Å²) in [5, 5.41) is 11.0. The Hall–Kier alpha value is -2.11. The Balaban J connectivity index is 0.000000339. The molecule has 1 unspecified atom stereocenters. The van der Waals surface area contributed by atoms with Gasteiger partial charge in [0, 0.05) is 29.9 Å². The van der Waals surface area contributed by atoms with Crippen molar-refractivity contribution in [3.05, 3.63) is 52.0 Å². The summed E-state index contributed by atoms with van der Waals surface area (Å²) in [7, 11) is 0. The van der Waals surface area contributed by atoms with E-state index < -0.39 is 12.1 Å². The van der Waals surface area contributed by atoms with Crippen LogP contribution in [-0.2, 0) is 16.1 Å². The number of ether oxygens (including phenoxy) is 1. The Morgan fingerprint density at radius 2 is 2.03 bits per heavy atom. The summed E-state index contributed by atoms with van der Waals surface area (Å²) in [4.78, 5) is 27.7. The van der Waals surface area contributed by atoms with Crippen LogP contribution in [0.2, 0.25) is 0 Å². The average molecular weight is 475 g/mol. The van der Waals surface area contributed by atoms with Crippen molar-refractivity contribution < 1.29 is 32.6 Å². The summed E-state index contributed by atoms with van der Waals surface area (Å²) in [6.07, 6.45) is -3.80. The highest BCUT2D eigenvalue weighted by Crippen LogP contribution is 2.46. The van der Waals surface area contributed by atoms with Gasteiger partial charge in [0.15, 0.2) is 0 Å². The molecule has 0 radical (unpaired) electrons. The van der Waals surface area contributed by atoms with Gasteiger partial charge >= 0.3 is 12.1 Å². The minimum absolute atomic E-state index is 0.163. The number of carbonyl (C=O) groups is 2. The number of halogens is 3. The number of thiophene rings is 1. The molecule has 2 aromatic rings. The molecular weight excluding hydrogens is 453 g/mol. The van der Waals surface area contributed by atoms with Crippen LogP contribution in [0.4, 0.5) is 13.2 Å². The molecule has 0 aromatic carbocycles. The molecule has 6 nitrogen and oxygen atoms in total. The second kappa shape index (κ2) is 9.58. The van der Waals surface area contributed by atoms with Gasteiger partial charge in [-0.2, -0.15) is 24.5 Å². The fraction of sp³-hybridized carbons (Fsp3) is 0.450. The number of rotatable bonds is 4. The summed E-state index contributed by atoms with van der Waals surface area (Å²) in [6.45, 7) is 4.25. The van der Waals surface area contributed by atoms with Gasteiger partial charge in [-0.3, -0.25) is 9.78 Å². The Labute approximate surface area is 185 Å². The molecule has 2 aromatic heterocycles. The van der Waals surface area contributed by atoms with Gasteiger partial charge < -0.3 is 14.7 Å². The summed E-state index contributed by atoms with van der Waals surface area (Å²) in [6, 6.07) is 7.93. The number of alkyl halides is 3. The van der Waals surface area contributed by atoms with E-state index in [1.807, 2.05) is 58.6 Å². The van der Waals surface area contributed by atoms with Crippen LogP contribution in [0.5, 0.6) is 0 Å². The van der Waals surface area contributed by atoms with Crippen molar-refractivity contribution in [1.29, 1.82) is 0 Å². The number of nitrogens with zero attached hydrogens (tertiary/aromatic N) is 2. The molecule has 2 aliphatic heterocycles. The van der Waals surface area contributed by atoms with Crippen LogP contribution >= 0.6 is 23.1 Å². The van der Waals surface area contributed by atoms with Gasteiger partial charge in [-0.25, -0.2) is 4.79 Å². The smallest absolute Gasteiger partial charge is 0.475 e. The van der Waals surface area contributed by atoms with Crippen molar-refractivity contribution in [2.24, 2.45) is 0 Å². The molecule has 2 aliphatic rings. The van der Waals surface area contributed by atoms with E-state index in [9.17, 15) is 18.0 Å². The lowest BCUT2D eigenvalue weighted by Crippen LogP contribution is -2.60. The summed E-state index contributed by atoms with van der Waals surface area (Å²) < 4.78 is 38.0. The third-order valence-corrected chi connectivity index (χ3v) is 7.10. The minimum atomic E-state index is -5.08. The molecule has 0 aliphatic carbocycles. The largest absolute Gasteiger partial charge is 0.490 e. The number of carboxylic acids is 1. The number of aromatic nitrogens is 1. The zero-order valence-electron chi connectivity index (χ0n) is 16.6. The fourth-order valence-electron chi connectivity index (χ4n) is 3.37. The summed E-state index contributed by atoms with van der Waals surface area (Å²) >= 11 is 3.53. The average Bonchev–Trinajstić information content (AvgIpc) is 3.35. The Kier molecular flexibility index (Phi) is 7.28. The van der Waals surface area contributed by atoms with Crippen LogP contribution in [0.3, 0.4) is 0 Å². The molecule has 11 heteroatoms. The Morgan fingerprint density at radius 1 is 1.32 bits per heavy atom. The van der Waals surface area contributed by atoms with Crippen molar-refractivity contribution in [1.82, 2.24) is 9.88 Å². The number of carbonyl (C=O) groups excluding carboxylic acids is 1. The van der Waals surface area contributed by atoms with Crippen LogP contribution in [0.25, 0.3) is 0 Å². The molecule has 1 amide bonds. The lowest BCUT2D eigenvalue weighted by molar-refractivity contribution is -0.192. The molecule has 168 valence electrons. The number of aryl methyl sites for hydroxylation is 1. The van der Waals surface area contributed by atoms with Crippen LogP contribution in [0.15, 0.2) is 35.0 Å². The van der Waals surface area contributed by atoms with Crippen molar-refractivity contribution in [2.75, 3.05) is 18.8 Å². The first-order valence-electron chi connectivity index (χ1n) is 9.38. The Bertz CT molecular complexity index is 915. The number of likely N-dealkylation sites (tertiary alicyclic amines) is 1. The number of thioether (sulfide) groups is 1. The predicted molar refractivity (Wildman–Crippen MR) is 111 cm³/mol. The lowest BCUT2D eigenvalue weighted by atomic mass is 9.92. The number of hydrogen-bond donors (Lipinski definition) is 1. The quantitative estimate of drug-likeness (QED) is 0.722. The minimum Gasteiger partial charge on any atom is -0.475 e. The van der Waals surface area contributed by atoms with Gasteiger partial charge in [0.2, 0.25) is 0 Å². The van der Waals surface area contributed by atoms with E-state index in [-0.39, 0.29) is 16.8 Å². The molecule has 4 rings (SSSR count). The maximum atomic E-state index is 12.3. The van der Waals surface area contributed by atoms with Gasteiger partial charge in [-0.15, -0.1) is 11.8 Å². The number of aliphatic carboxylic acids is 1. The number of pyridine rings is 1. The molecule has 1 atom stereocenters. The van der Waals surface area contributed by atoms with Gasteiger partial charge in [-0.1, -0.05) is 6.07 Å². The highest BCUT2D eigenvalue weighted by Gasteiger charge is 2.51. The second-order valence-corrected chi connectivity index (χ2v) is 9.65. The number of hydrogen-bond acceptors (Lipinski definition) is 6. The van der Waals surface area contributed by atoms with E-state index in [0.29, 0.717) is 6.61 Å². The SMILES string of the molecule is Cc1cccc(COC2CSC3(C2)CN(C(=O)c2ccsc2)C3)n1.O=C(O)C(F)(F)F. The molecule has 31 heavy (non-hydrogen) atoms. The third-order valence-electron chi connectivity index (χ3n) is 4.84. The van der Waals surface area contributed by atoms with E-state index in [2.05, 4.69) is 4.98 Å². The van der Waals surface area contributed by atoms with Crippen molar-refractivity contribution in [2.45, 2.75) is 37.0 Å². The van der Waals surface area contributed by atoms with E-state index in [4.69, 9.17) is 14.6 Å². The van der Waals surface area contributed by atoms with Gasteiger partial charge in [-0.05, 0) is 36.9 Å². The van der Waals surface area contributed by atoms with Gasteiger partial charge in [0.05, 0.1) is 28.7 Å². The first kappa shape index (κ1) is 23.6. The normalized spacial score (nSPS) is 19.5. The molecule has 4 heterocycles. The Morgan fingerprint density at radius 3 is 2.61 bits per heavy atom. The van der Waals surface area contributed by atoms with Crippen LogP contribution < -0.4 is 0 Å². The van der Waals surface area contributed by atoms with E-state index in [0.717, 1.165) is 42.2 Å². The van der Waals surface area contributed by atoms with E-state index in [1.165, 1.54) is 0 Å². The van der Waals surface area contributed by atoms with Crippen LogP contribution in [0.1, 0.15) is 28.2 Å². The first-order chi connectivity index (χ1) is 14.6. The number of carboxylic acid groups (broad SMARTS) is 1. The molecule has 2 fully saturated rings. The van der Waals surface area contributed by atoms with Gasteiger partial charge in [0.1, 0.15) is 0 Å². The van der Waals surface area contributed by atoms with Crippen molar-refractivity contribution >= 4 is 35.0 Å². The highest BCUT2D eigenvalue weighted by atomic mass is 32.2. The monoisotopic (exact) mass is 474 g/mol. The second-order valence-electron chi connectivity index (χ2n) is 7.38. The maximum Gasteiger partial charge on any atom is 0.490 e. The standard InChI is InChI=1S/C18H20N2O2S2.C2HF3O2/c1-13-3-2-4-15(19-13)8-22-16-7-18(24-10-16)11-20(12-18)17(21)14-5-6-23-9-14;3-2(4,5)1(6)7/h2-6,9,16H,7-8,10-12H2,1H3;(H,6,7). The molecule has 1 spiro atoms. The third kappa shape index (κ3) is 6.20. The first-order valence-corrected chi connectivity index (χ1v) is 11.3. The lowest BCUT2D eigenvalue weighted by Gasteiger charge is -2.47. The topological polar surface area (TPSA) is 79.7 Å². The van der Waals surface area contributed by atoms with Gasteiger partial charge in [0.25, 0.3) is 5.91 Å². The molecular formula is C20H21F3N2O4S2. The van der Waals surface area contributed by atoms with Crippen molar-refractivity contribution in [3.63, 3.8) is 0 Å². The van der Waals surface area contributed by atoms with Crippen LogP contribution in [0, 0.1) is 6.92 Å². The van der Waals surface area contributed by atoms with Crippen LogP contribution in [-0.4, -0.2) is 62.7 Å². The van der Waals surface area contributed by atoms with E-state index >= 15 is 0 Å². The zero-order valence-corrected chi connectivity index (χ0v) is 18.2. The molecule has 0 bridgehead atoms. The summed E-state index contributed by atoms with van der Waals surface area (Å²) in [5.41, 5.74) is 2.83. The predicted octanol–water partition coefficient (Wildman–Crippen LogP) is 4.00.